The fourth-order valence-electron chi connectivity index (χ4n) is 0.690. The number of rotatable bonds is 4. The summed E-state index contributed by atoms with van der Waals surface area (Å²) >= 11 is 0. The van der Waals surface area contributed by atoms with Gasteiger partial charge in [0.1, 0.15) is 0 Å². The van der Waals surface area contributed by atoms with Crippen molar-refractivity contribution in [3.05, 3.63) is 11.6 Å². The zero-order chi connectivity index (χ0) is 9.56. The lowest BCUT2D eigenvalue weighted by molar-refractivity contribution is -0.142. The van der Waals surface area contributed by atoms with Crippen molar-refractivity contribution in [1.82, 2.24) is 0 Å². The number of esters is 1. The number of nitrogens with two attached hydrogens (primary N) is 1. The summed E-state index contributed by atoms with van der Waals surface area (Å²) in [4.78, 5) is 11.1. The average Bonchev–Trinajstić information content (AvgIpc) is 1.98. The van der Waals surface area contributed by atoms with Crippen LogP contribution in [0.25, 0.3) is 0 Å². The van der Waals surface area contributed by atoms with Crippen LogP contribution in [0.4, 0.5) is 0 Å². The Kier molecular flexibility index (Phi) is 5.37. The van der Waals surface area contributed by atoms with Crippen LogP contribution in [0.5, 0.6) is 0 Å². The summed E-state index contributed by atoms with van der Waals surface area (Å²) in [5.41, 5.74) is 5.91. The van der Waals surface area contributed by atoms with Gasteiger partial charge in [-0.1, -0.05) is 6.08 Å². The SMILES string of the molecule is CC(=CCCN)C(=O)OC(C)C. The first-order chi connectivity index (χ1) is 5.57. The van der Waals surface area contributed by atoms with Gasteiger partial charge in [0.2, 0.25) is 0 Å². The molecule has 0 rings (SSSR count). The summed E-state index contributed by atoms with van der Waals surface area (Å²) in [6.07, 6.45) is 2.46. The van der Waals surface area contributed by atoms with Gasteiger partial charge in [-0.25, -0.2) is 4.79 Å². The van der Waals surface area contributed by atoms with E-state index in [-0.39, 0.29) is 12.1 Å². The van der Waals surface area contributed by atoms with Gasteiger partial charge in [-0.3, -0.25) is 0 Å². The molecule has 0 amide bonds. The zero-order valence-electron chi connectivity index (χ0n) is 7.96. The topological polar surface area (TPSA) is 52.3 Å². The third-order valence-corrected chi connectivity index (χ3v) is 1.28. The fourth-order valence-corrected chi connectivity index (χ4v) is 0.690. The molecule has 0 aliphatic heterocycles. The van der Waals surface area contributed by atoms with Gasteiger partial charge < -0.3 is 10.5 Å². The van der Waals surface area contributed by atoms with E-state index < -0.39 is 0 Å². The van der Waals surface area contributed by atoms with Gasteiger partial charge in [-0.05, 0) is 33.7 Å². The number of hydrogen-bond acceptors (Lipinski definition) is 3. The third-order valence-electron chi connectivity index (χ3n) is 1.28. The van der Waals surface area contributed by atoms with Crippen molar-refractivity contribution >= 4 is 5.97 Å². The third kappa shape index (κ3) is 4.91. The van der Waals surface area contributed by atoms with Crippen LogP contribution in [0.2, 0.25) is 0 Å². The zero-order valence-corrected chi connectivity index (χ0v) is 7.96. The molecule has 0 heterocycles. The van der Waals surface area contributed by atoms with Gasteiger partial charge >= 0.3 is 5.97 Å². The Morgan fingerprint density at radius 2 is 2.17 bits per heavy atom. The Morgan fingerprint density at radius 1 is 1.58 bits per heavy atom. The summed E-state index contributed by atoms with van der Waals surface area (Å²) in [6.45, 7) is 5.95. The molecule has 0 atom stereocenters. The Morgan fingerprint density at radius 3 is 2.58 bits per heavy atom. The maximum absolute atomic E-state index is 11.1. The minimum absolute atomic E-state index is 0.0567. The van der Waals surface area contributed by atoms with Gasteiger partial charge in [0.05, 0.1) is 6.10 Å². The lowest BCUT2D eigenvalue weighted by Gasteiger charge is -2.07. The van der Waals surface area contributed by atoms with E-state index in [1.807, 2.05) is 13.8 Å². The first-order valence-electron chi connectivity index (χ1n) is 4.15. The Hall–Kier alpha value is -0.830. The molecule has 3 nitrogen and oxygen atoms in total. The molecule has 0 aromatic heterocycles. The van der Waals surface area contributed by atoms with Crippen LogP contribution in [0.15, 0.2) is 11.6 Å². The van der Waals surface area contributed by atoms with E-state index in [1.165, 1.54) is 0 Å². The van der Waals surface area contributed by atoms with Crippen molar-refractivity contribution in [2.75, 3.05) is 6.54 Å². The summed E-state index contributed by atoms with van der Waals surface area (Å²) < 4.78 is 4.96. The molecule has 0 spiro atoms. The van der Waals surface area contributed by atoms with E-state index in [9.17, 15) is 4.79 Å². The van der Waals surface area contributed by atoms with Gasteiger partial charge in [-0.15, -0.1) is 0 Å². The Balaban J connectivity index is 3.92. The van der Waals surface area contributed by atoms with E-state index in [4.69, 9.17) is 10.5 Å². The summed E-state index contributed by atoms with van der Waals surface area (Å²) in [5.74, 6) is -0.251. The molecule has 2 N–H and O–H groups in total. The monoisotopic (exact) mass is 171 g/mol. The molecule has 0 saturated carbocycles. The lowest BCUT2D eigenvalue weighted by atomic mass is 10.2. The van der Waals surface area contributed by atoms with Crippen LogP contribution < -0.4 is 5.73 Å². The lowest BCUT2D eigenvalue weighted by Crippen LogP contribution is -2.12. The van der Waals surface area contributed by atoms with E-state index in [1.54, 1.807) is 13.0 Å². The number of carbonyl (C=O) groups is 1. The number of carbonyl (C=O) groups excluding carboxylic acids is 1. The second kappa shape index (κ2) is 5.77. The maximum Gasteiger partial charge on any atom is 0.333 e. The van der Waals surface area contributed by atoms with Gasteiger partial charge in [0.25, 0.3) is 0 Å². The predicted octanol–water partition coefficient (Wildman–Crippen LogP) is 1.23. The highest BCUT2D eigenvalue weighted by Crippen LogP contribution is 2.00. The van der Waals surface area contributed by atoms with Crippen LogP contribution in [0, 0.1) is 0 Å². The molecule has 0 aliphatic carbocycles. The van der Waals surface area contributed by atoms with Crippen LogP contribution in [0.1, 0.15) is 27.2 Å². The van der Waals surface area contributed by atoms with Crippen molar-refractivity contribution in [3.8, 4) is 0 Å². The van der Waals surface area contributed by atoms with Gasteiger partial charge in [0, 0.05) is 5.57 Å². The quantitative estimate of drug-likeness (QED) is 0.511. The minimum atomic E-state index is -0.251. The highest BCUT2D eigenvalue weighted by molar-refractivity contribution is 5.87. The fraction of sp³-hybridized carbons (Fsp3) is 0.667. The van der Waals surface area contributed by atoms with Gasteiger partial charge in [-0.2, -0.15) is 0 Å². The molecular weight excluding hydrogens is 154 g/mol. The summed E-state index contributed by atoms with van der Waals surface area (Å²) in [6, 6.07) is 0. The van der Waals surface area contributed by atoms with E-state index in [0.29, 0.717) is 12.1 Å². The summed E-state index contributed by atoms with van der Waals surface area (Å²) in [5, 5.41) is 0. The first kappa shape index (κ1) is 11.2. The first-order valence-corrected chi connectivity index (χ1v) is 4.15. The molecule has 0 saturated heterocycles. The van der Waals surface area contributed by atoms with Crippen LogP contribution in [0.3, 0.4) is 0 Å². The number of ether oxygens (including phenoxy) is 1. The highest BCUT2D eigenvalue weighted by Gasteiger charge is 2.06. The van der Waals surface area contributed by atoms with Crippen LogP contribution >= 0.6 is 0 Å². The molecule has 3 heteroatoms. The van der Waals surface area contributed by atoms with Crippen LogP contribution in [-0.4, -0.2) is 18.6 Å². The molecule has 0 aromatic carbocycles. The van der Waals surface area contributed by atoms with Crippen molar-refractivity contribution in [2.45, 2.75) is 33.3 Å². The molecule has 0 bridgehead atoms. The Labute approximate surface area is 73.6 Å². The molecule has 70 valence electrons. The maximum atomic E-state index is 11.1. The predicted molar refractivity (Wildman–Crippen MR) is 48.7 cm³/mol. The molecule has 0 aliphatic rings. The van der Waals surface area contributed by atoms with Crippen molar-refractivity contribution < 1.29 is 9.53 Å². The van der Waals surface area contributed by atoms with Crippen LogP contribution in [-0.2, 0) is 9.53 Å². The largest absolute Gasteiger partial charge is 0.460 e. The Bertz CT molecular complexity index is 173. The molecule has 0 radical (unpaired) electrons. The van der Waals surface area contributed by atoms with E-state index in [0.717, 1.165) is 6.42 Å². The average molecular weight is 171 g/mol. The second-order valence-electron chi connectivity index (χ2n) is 2.92. The molecule has 0 unspecified atom stereocenters. The second-order valence-corrected chi connectivity index (χ2v) is 2.92. The smallest absolute Gasteiger partial charge is 0.333 e. The molecule has 0 fully saturated rings. The van der Waals surface area contributed by atoms with Crippen molar-refractivity contribution in [1.29, 1.82) is 0 Å². The van der Waals surface area contributed by atoms with Crippen molar-refractivity contribution in [2.24, 2.45) is 5.73 Å². The standard InChI is InChI=1S/C9H17NO2/c1-7(2)12-9(11)8(3)5-4-6-10/h5,7H,4,6,10H2,1-3H3. The molecule has 12 heavy (non-hydrogen) atoms. The normalized spacial score (nSPS) is 11.9. The minimum Gasteiger partial charge on any atom is -0.460 e. The van der Waals surface area contributed by atoms with Crippen molar-refractivity contribution in [3.63, 3.8) is 0 Å². The molecular formula is C9H17NO2. The number of hydrogen-bond donors (Lipinski definition) is 1. The highest BCUT2D eigenvalue weighted by atomic mass is 16.5. The van der Waals surface area contributed by atoms with E-state index in [2.05, 4.69) is 0 Å². The van der Waals surface area contributed by atoms with E-state index >= 15 is 0 Å². The summed E-state index contributed by atoms with van der Waals surface area (Å²) in [7, 11) is 0. The molecule has 0 aromatic rings. The van der Waals surface area contributed by atoms with Gasteiger partial charge in [0.15, 0.2) is 0 Å².